The summed E-state index contributed by atoms with van der Waals surface area (Å²) in [6.07, 6.45) is 5.61. The summed E-state index contributed by atoms with van der Waals surface area (Å²) < 4.78 is 25.8. The van der Waals surface area contributed by atoms with Gasteiger partial charge in [-0.05, 0) is 68.0 Å². The number of nitrogens with one attached hydrogen (secondary N) is 2. The fourth-order valence-electron chi connectivity index (χ4n) is 4.88. The van der Waals surface area contributed by atoms with Crippen LogP contribution in [0, 0.1) is 0 Å². The number of aromatic nitrogens is 4. The molecule has 0 atom stereocenters. The summed E-state index contributed by atoms with van der Waals surface area (Å²) in [5, 5.41) is 14.6. The first-order chi connectivity index (χ1) is 19.4. The lowest BCUT2D eigenvalue weighted by Crippen LogP contribution is -2.33. The van der Waals surface area contributed by atoms with Crippen LogP contribution in [0.2, 0.25) is 0 Å². The number of nitrogens with two attached hydrogens (primary N) is 1. The molecule has 14 nitrogen and oxygen atoms in total. The molecule has 2 aromatic carbocycles. The number of hydrogen-bond donors (Lipinski definition) is 8. The molecule has 1 fully saturated rings. The van der Waals surface area contributed by atoms with Crippen molar-refractivity contribution < 1.29 is 33.8 Å². The molecular formula is C25H31N7O7P2. The topological polar surface area (TPSA) is 229 Å². The molecule has 0 aliphatic heterocycles. The minimum absolute atomic E-state index is 0.104. The Morgan fingerprint density at radius 3 is 2.37 bits per heavy atom. The van der Waals surface area contributed by atoms with E-state index in [0.717, 1.165) is 43.4 Å². The number of fused-ring (bicyclic) bond motifs is 1. The minimum atomic E-state index is -5.03. The van der Waals surface area contributed by atoms with Gasteiger partial charge in [-0.25, -0.2) is 4.98 Å². The van der Waals surface area contributed by atoms with Crippen LogP contribution in [0.3, 0.4) is 0 Å². The van der Waals surface area contributed by atoms with Gasteiger partial charge in [0.15, 0.2) is 17.0 Å². The number of imidazole rings is 1. The van der Waals surface area contributed by atoms with Crippen molar-refractivity contribution in [2.45, 2.75) is 50.7 Å². The summed E-state index contributed by atoms with van der Waals surface area (Å²) >= 11 is 0. The van der Waals surface area contributed by atoms with Crippen LogP contribution in [0.1, 0.15) is 31.2 Å². The Labute approximate surface area is 235 Å². The molecule has 1 saturated carbocycles. The molecular weight excluding hydrogens is 572 g/mol. The molecule has 2 heterocycles. The number of anilines is 3. The van der Waals surface area contributed by atoms with E-state index in [2.05, 4.69) is 20.6 Å². The van der Waals surface area contributed by atoms with Crippen LogP contribution >= 0.6 is 15.2 Å². The molecule has 5 rings (SSSR count). The van der Waals surface area contributed by atoms with Gasteiger partial charge in [0, 0.05) is 24.3 Å². The van der Waals surface area contributed by atoms with Crippen LogP contribution in [0.25, 0.3) is 11.2 Å². The van der Waals surface area contributed by atoms with Gasteiger partial charge in [-0.1, -0.05) is 12.1 Å². The predicted octanol–water partition coefficient (Wildman–Crippen LogP) is 1.81. The van der Waals surface area contributed by atoms with E-state index in [4.69, 9.17) is 10.7 Å². The van der Waals surface area contributed by atoms with Crippen molar-refractivity contribution in [1.82, 2.24) is 19.5 Å². The van der Waals surface area contributed by atoms with E-state index in [1.165, 1.54) is 6.07 Å². The first-order valence-electron chi connectivity index (χ1n) is 12.9. The molecule has 9 N–H and O–H groups in total. The van der Waals surface area contributed by atoms with Crippen LogP contribution in [-0.2, 0) is 22.1 Å². The van der Waals surface area contributed by atoms with Gasteiger partial charge in [0.1, 0.15) is 5.75 Å². The van der Waals surface area contributed by atoms with Gasteiger partial charge in [-0.15, -0.1) is 0 Å². The Kier molecular flexibility index (Phi) is 8.18. The van der Waals surface area contributed by atoms with Gasteiger partial charge in [0.05, 0.1) is 16.9 Å². The van der Waals surface area contributed by atoms with E-state index < -0.39 is 25.8 Å². The molecule has 2 aromatic heterocycles. The van der Waals surface area contributed by atoms with E-state index in [0.29, 0.717) is 30.1 Å². The third-order valence-corrected chi connectivity index (χ3v) is 9.18. The van der Waals surface area contributed by atoms with Crippen LogP contribution < -0.4 is 27.0 Å². The Hall–Kier alpha value is -3.35. The van der Waals surface area contributed by atoms with Gasteiger partial charge >= 0.3 is 15.2 Å². The van der Waals surface area contributed by atoms with E-state index >= 15 is 0 Å². The highest BCUT2D eigenvalue weighted by atomic mass is 31.2. The number of benzene rings is 2. The minimum Gasteiger partial charge on any atom is -0.508 e. The summed E-state index contributed by atoms with van der Waals surface area (Å²) in [4.78, 5) is 52.5. The molecule has 0 spiro atoms. The molecule has 0 unspecified atom stereocenters. The zero-order valence-corrected chi connectivity index (χ0v) is 23.6. The van der Waals surface area contributed by atoms with Crippen LogP contribution in [0.5, 0.6) is 5.75 Å². The summed E-state index contributed by atoms with van der Waals surface area (Å²) in [6, 6.07) is 10.5. The van der Waals surface area contributed by atoms with Crippen LogP contribution in [0.15, 0.2) is 48.8 Å². The number of hydrogen-bond acceptors (Lipinski definition) is 9. The lowest BCUT2D eigenvalue weighted by Gasteiger charge is -2.27. The second kappa shape index (κ2) is 11.5. The molecule has 0 bridgehead atoms. The highest BCUT2D eigenvalue weighted by Crippen LogP contribution is 2.41. The summed E-state index contributed by atoms with van der Waals surface area (Å²) in [6.45, 7) is 0.494. The SMILES string of the molecule is NC1CCC(Nc2nc(Nc3ccc(P(=O)(O)O)c(P(=O)(O)O)c3)c3ncn(CCc4cccc(O)c4)c3n2)CC1. The van der Waals surface area contributed by atoms with Gasteiger partial charge < -0.3 is 45.6 Å². The Morgan fingerprint density at radius 2 is 1.68 bits per heavy atom. The van der Waals surface area contributed by atoms with Gasteiger partial charge in [0.2, 0.25) is 5.95 Å². The van der Waals surface area contributed by atoms with Gasteiger partial charge in [0.25, 0.3) is 0 Å². The molecule has 0 saturated heterocycles. The average molecular weight is 604 g/mol. The van der Waals surface area contributed by atoms with Crippen molar-refractivity contribution in [1.29, 1.82) is 0 Å². The molecule has 1 aliphatic carbocycles. The number of rotatable bonds is 9. The number of phenolic OH excluding ortho intramolecular Hbond substituents is 1. The molecule has 0 amide bonds. The molecule has 41 heavy (non-hydrogen) atoms. The standard InChI is InChI=1S/C25H31N7O7P2/c26-16-4-6-17(7-5-16)29-25-30-23(28-18-8-9-20(40(34,35)36)21(13-18)41(37,38)39)22-24(31-25)32(14-27-22)11-10-15-2-1-3-19(33)12-15/h1-3,8-9,12-14,16-17,33H,4-7,10-11,26H2,(H2,34,35,36)(H2,37,38,39)(H2,28,29,30,31). The molecule has 1 aliphatic rings. The Bertz CT molecular complexity index is 1660. The quantitative estimate of drug-likeness (QED) is 0.128. The average Bonchev–Trinajstić information content (AvgIpc) is 3.31. The van der Waals surface area contributed by atoms with E-state index in [1.54, 1.807) is 24.5 Å². The maximum atomic E-state index is 12.1. The van der Waals surface area contributed by atoms with Crippen molar-refractivity contribution in [3.8, 4) is 5.75 Å². The fraction of sp³-hybridized carbons (Fsp3) is 0.320. The third kappa shape index (κ3) is 6.94. The molecule has 16 heteroatoms. The third-order valence-electron chi connectivity index (χ3n) is 6.99. The molecule has 4 aromatic rings. The van der Waals surface area contributed by atoms with Crippen molar-refractivity contribution in [2.75, 3.05) is 10.6 Å². The zero-order valence-electron chi connectivity index (χ0n) is 21.8. The van der Waals surface area contributed by atoms with Gasteiger partial charge in [-0.2, -0.15) is 9.97 Å². The molecule has 0 radical (unpaired) electrons. The van der Waals surface area contributed by atoms with Crippen molar-refractivity contribution >= 4 is 54.4 Å². The van der Waals surface area contributed by atoms with Crippen molar-refractivity contribution in [3.63, 3.8) is 0 Å². The first-order valence-corrected chi connectivity index (χ1v) is 16.2. The second-order valence-corrected chi connectivity index (χ2v) is 13.2. The van der Waals surface area contributed by atoms with Crippen LogP contribution in [-0.4, -0.2) is 56.3 Å². The van der Waals surface area contributed by atoms with E-state index in [1.807, 2.05) is 10.6 Å². The normalized spacial score (nSPS) is 18.0. The number of aromatic hydroxyl groups is 1. The van der Waals surface area contributed by atoms with Crippen molar-refractivity contribution in [2.24, 2.45) is 5.73 Å². The maximum Gasteiger partial charge on any atom is 0.357 e. The number of aryl methyl sites for hydroxylation is 2. The first kappa shape index (κ1) is 29.2. The highest BCUT2D eigenvalue weighted by Gasteiger charge is 2.31. The zero-order chi connectivity index (χ0) is 29.4. The maximum absolute atomic E-state index is 12.1. The van der Waals surface area contributed by atoms with E-state index in [9.17, 15) is 33.8 Å². The summed E-state index contributed by atoms with van der Waals surface area (Å²) in [7, 11) is -9.99. The number of phenols is 1. The largest absolute Gasteiger partial charge is 0.508 e. The smallest absolute Gasteiger partial charge is 0.357 e. The highest BCUT2D eigenvalue weighted by molar-refractivity contribution is 7.67. The second-order valence-electron chi connectivity index (χ2n) is 10.1. The fourth-order valence-corrected chi connectivity index (χ4v) is 6.98. The van der Waals surface area contributed by atoms with Crippen molar-refractivity contribution in [3.05, 3.63) is 54.4 Å². The lowest BCUT2D eigenvalue weighted by molar-refractivity contribution is 0.381. The monoisotopic (exact) mass is 603 g/mol. The number of nitrogens with zero attached hydrogens (tertiary/aromatic N) is 4. The van der Waals surface area contributed by atoms with E-state index in [-0.39, 0.29) is 29.3 Å². The summed E-state index contributed by atoms with van der Waals surface area (Å²) in [5.41, 5.74) is 8.00. The predicted molar refractivity (Wildman–Crippen MR) is 154 cm³/mol. The Morgan fingerprint density at radius 1 is 0.951 bits per heavy atom. The summed E-state index contributed by atoms with van der Waals surface area (Å²) in [5.74, 6) is 0.730. The van der Waals surface area contributed by atoms with Crippen LogP contribution in [0.4, 0.5) is 17.5 Å². The molecule has 218 valence electrons. The lowest BCUT2D eigenvalue weighted by atomic mass is 9.92. The Balaban J connectivity index is 1.51. The van der Waals surface area contributed by atoms with Gasteiger partial charge in [-0.3, -0.25) is 9.13 Å².